The first-order valence-electron chi connectivity index (χ1n) is 6.14. The van der Waals surface area contributed by atoms with Gasteiger partial charge in [-0.05, 0) is 12.5 Å². The van der Waals surface area contributed by atoms with Crippen molar-refractivity contribution >= 4 is 0 Å². The van der Waals surface area contributed by atoms with Crippen LogP contribution in [0.15, 0.2) is 29.1 Å². The summed E-state index contributed by atoms with van der Waals surface area (Å²) in [5.74, 6) is 3.63. The summed E-state index contributed by atoms with van der Waals surface area (Å²) in [6, 6.07) is 7.38. The maximum Gasteiger partial charge on any atom is 0.194 e. The minimum atomic E-state index is -0.827. The molecule has 1 heterocycles. The van der Waals surface area contributed by atoms with Crippen molar-refractivity contribution in [2.45, 2.75) is 6.92 Å². The average molecular weight is 377 g/mol. The number of rotatable bonds is 3. The maximum absolute atomic E-state index is 14.1. The van der Waals surface area contributed by atoms with Gasteiger partial charge in [0.25, 0.3) is 0 Å². The van der Waals surface area contributed by atoms with Crippen molar-refractivity contribution in [2.75, 3.05) is 6.61 Å². The zero-order chi connectivity index (χ0) is 15.4. The molecule has 111 valence electrons. The SMILES string of the molecule is CC#CCOc1cc(F)c(-c2[c-]ccc(=O)n2C)c(F)c1.[Y]. The van der Waals surface area contributed by atoms with Crippen molar-refractivity contribution < 1.29 is 46.2 Å². The molecule has 0 fully saturated rings. The first-order valence-corrected chi connectivity index (χ1v) is 6.14. The number of hydrogen-bond donors (Lipinski definition) is 0. The van der Waals surface area contributed by atoms with E-state index in [0.717, 1.165) is 16.7 Å². The summed E-state index contributed by atoms with van der Waals surface area (Å²) >= 11 is 0. The molecule has 1 aromatic carbocycles. The van der Waals surface area contributed by atoms with Gasteiger partial charge in [-0.3, -0.25) is 4.79 Å². The van der Waals surface area contributed by atoms with Gasteiger partial charge in [0.15, 0.2) is 5.56 Å². The van der Waals surface area contributed by atoms with Gasteiger partial charge in [0.2, 0.25) is 0 Å². The van der Waals surface area contributed by atoms with Crippen molar-refractivity contribution in [1.82, 2.24) is 4.57 Å². The Morgan fingerprint density at radius 3 is 2.55 bits per heavy atom. The molecule has 0 saturated carbocycles. The fourth-order valence-corrected chi connectivity index (χ4v) is 1.80. The van der Waals surface area contributed by atoms with Crippen molar-refractivity contribution in [3.05, 3.63) is 52.3 Å². The molecule has 3 nitrogen and oxygen atoms in total. The summed E-state index contributed by atoms with van der Waals surface area (Å²) in [5.41, 5.74) is -0.650. The molecule has 0 saturated heterocycles. The Morgan fingerprint density at radius 2 is 1.95 bits per heavy atom. The van der Waals surface area contributed by atoms with E-state index in [4.69, 9.17) is 4.74 Å². The molecule has 0 spiro atoms. The largest absolute Gasteiger partial charge is 0.481 e. The topological polar surface area (TPSA) is 31.2 Å². The molecule has 0 aliphatic heterocycles. The van der Waals surface area contributed by atoms with Gasteiger partial charge in [0, 0.05) is 51.9 Å². The Kier molecular flexibility index (Phi) is 6.92. The van der Waals surface area contributed by atoms with E-state index >= 15 is 0 Å². The smallest absolute Gasteiger partial charge is 0.194 e. The van der Waals surface area contributed by atoms with Crippen LogP contribution in [0.2, 0.25) is 0 Å². The Labute approximate surface area is 152 Å². The Morgan fingerprint density at radius 1 is 1.32 bits per heavy atom. The van der Waals surface area contributed by atoms with Crippen molar-refractivity contribution in [1.29, 1.82) is 0 Å². The van der Waals surface area contributed by atoms with E-state index in [-0.39, 0.29) is 61.9 Å². The van der Waals surface area contributed by atoms with E-state index in [9.17, 15) is 13.6 Å². The molecule has 2 rings (SSSR count). The van der Waals surface area contributed by atoms with Crippen LogP contribution in [-0.2, 0) is 39.8 Å². The second kappa shape index (κ2) is 8.21. The van der Waals surface area contributed by atoms with Crippen LogP contribution < -0.4 is 10.3 Å². The summed E-state index contributed by atoms with van der Waals surface area (Å²) in [5, 5.41) is 0. The Bertz CT molecular complexity index is 768. The van der Waals surface area contributed by atoms with Crippen LogP contribution in [0.4, 0.5) is 8.78 Å². The van der Waals surface area contributed by atoms with Crippen LogP contribution in [0, 0.1) is 29.5 Å². The van der Waals surface area contributed by atoms with Crippen molar-refractivity contribution in [3.8, 4) is 28.8 Å². The van der Waals surface area contributed by atoms with Gasteiger partial charge in [0.05, 0.1) is 11.6 Å². The maximum atomic E-state index is 14.1. The van der Waals surface area contributed by atoms with E-state index in [1.807, 2.05) is 0 Å². The van der Waals surface area contributed by atoms with Gasteiger partial charge >= 0.3 is 0 Å². The monoisotopic (exact) mass is 377 g/mol. The number of aromatic nitrogens is 1. The molecule has 0 atom stereocenters. The first-order chi connectivity index (χ1) is 10.0. The molecular weight excluding hydrogens is 365 g/mol. The third-order valence-electron chi connectivity index (χ3n) is 2.85. The molecule has 1 radical (unpaired) electrons. The zero-order valence-corrected chi connectivity index (χ0v) is 15.0. The Hall–Kier alpha value is -1.51. The van der Waals surface area contributed by atoms with Crippen LogP contribution in [0.5, 0.6) is 5.75 Å². The molecule has 1 aromatic heterocycles. The molecule has 0 bridgehead atoms. The van der Waals surface area contributed by atoms with E-state index in [0.29, 0.717) is 0 Å². The van der Waals surface area contributed by atoms with Crippen LogP contribution in [0.3, 0.4) is 0 Å². The van der Waals surface area contributed by atoms with Crippen LogP contribution in [0.25, 0.3) is 11.3 Å². The van der Waals surface area contributed by atoms with Gasteiger partial charge in [-0.2, -0.15) is 12.1 Å². The molecule has 22 heavy (non-hydrogen) atoms. The van der Waals surface area contributed by atoms with Crippen LogP contribution >= 0.6 is 0 Å². The standard InChI is InChI=1S/C16H12F2NO2.Y/c1-3-4-8-21-11-9-12(17)16(13(18)10-11)14-6-5-7-15(20)19(14)2;/h5,7,9-10H,8H2,1-2H3;/q-1;. The average Bonchev–Trinajstić information content (AvgIpc) is 2.43. The fraction of sp³-hybridized carbons (Fsp3) is 0.188. The molecular formula is C16H12F2NO2Y-. The molecule has 0 unspecified atom stereocenters. The summed E-state index contributed by atoms with van der Waals surface area (Å²) in [6.07, 6.45) is 0. The predicted octanol–water partition coefficient (Wildman–Crippen LogP) is 2.53. The van der Waals surface area contributed by atoms with E-state index in [2.05, 4.69) is 17.9 Å². The molecule has 0 N–H and O–H groups in total. The third-order valence-corrected chi connectivity index (χ3v) is 2.85. The molecule has 0 amide bonds. The van der Waals surface area contributed by atoms with E-state index in [1.54, 1.807) is 6.92 Å². The number of ether oxygens (including phenoxy) is 1. The number of benzene rings is 1. The van der Waals surface area contributed by atoms with Crippen LogP contribution in [-0.4, -0.2) is 11.2 Å². The predicted molar refractivity (Wildman–Crippen MR) is 74.8 cm³/mol. The summed E-state index contributed by atoms with van der Waals surface area (Å²) in [6.45, 7) is 1.68. The van der Waals surface area contributed by atoms with E-state index < -0.39 is 11.6 Å². The first kappa shape index (κ1) is 18.5. The second-order valence-electron chi connectivity index (χ2n) is 4.20. The zero-order valence-electron chi connectivity index (χ0n) is 12.1. The Balaban J connectivity index is 0.00000242. The van der Waals surface area contributed by atoms with Crippen molar-refractivity contribution in [2.24, 2.45) is 7.05 Å². The second-order valence-corrected chi connectivity index (χ2v) is 4.20. The van der Waals surface area contributed by atoms with Gasteiger partial charge in [-0.1, -0.05) is 17.7 Å². The normalized spacial score (nSPS) is 9.45. The van der Waals surface area contributed by atoms with Crippen LogP contribution in [0.1, 0.15) is 6.92 Å². The molecule has 0 aliphatic rings. The van der Waals surface area contributed by atoms with Crippen molar-refractivity contribution in [3.63, 3.8) is 0 Å². The number of nitrogens with zero attached hydrogens (tertiary/aromatic N) is 1. The van der Waals surface area contributed by atoms with Gasteiger partial charge in [-0.15, -0.1) is 5.92 Å². The van der Waals surface area contributed by atoms with Gasteiger partial charge in [0.1, 0.15) is 12.4 Å². The van der Waals surface area contributed by atoms with E-state index in [1.165, 1.54) is 19.2 Å². The number of hydrogen-bond acceptors (Lipinski definition) is 2. The summed E-state index contributed by atoms with van der Waals surface area (Å²) in [4.78, 5) is 11.5. The third kappa shape index (κ3) is 4.03. The molecule has 0 aliphatic carbocycles. The molecule has 6 heteroatoms. The van der Waals surface area contributed by atoms with Gasteiger partial charge in [-0.25, -0.2) is 8.78 Å². The van der Waals surface area contributed by atoms with Gasteiger partial charge < -0.3 is 9.30 Å². The minimum Gasteiger partial charge on any atom is -0.481 e. The summed E-state index contributed by atoms with van der Waals surface area (Å²) < 4.78 is 34.5. The quantitative estimate of drug-likeness (QED) is 0.608. The molecule has 2 aromatic rings. The fourth-order valence-electron chi connectivity index (χ4n) is 1.80. The number of pyridine rings is 1. The number of halogens is 2. The minimum absolute atomic E-state index is 0. The summed E-state index contributed by atoms with van der Waals surface area (Å²) in [7, 11) is 1.42.